The van der Waals surface area contributed by atoms with E-state index in [9.17, 15) is 0 Å². The van der Waals surface area contributed by atoms with Gasteiger partial charge < -0.3 is 9.64 Å². The van der Waals surface area contributed by atoms with E-state index in [0.717, 1.165) is 30.5 Å². The summed E-state index contributed by atoms with van der Waals surface area (Å²) in [4.78, 5) is 9.25. The fourth-order valence-electron chi connectivity index (χ4n) is 4.38. The van der Waals surface area contributed by atoms with Gasteiger partial charge in [-0.25, -0.2) is 4.98 Å². The third kappa shape index (κ3) is 3.28. The van der Waals surface area contributed by atoms with Crippen LogP contribution in [0, 0.1) is 11.8 Å². The van der Waals surface area contributed by atoms with Gasteiger partial charge in [0.1, 0.15) is 0 Å². The largest absolute Gasteiger partial charge is 0.481 e. The minimum Gasteiger partial charge on any atom is -0.481 e. The van der Waals surface area contributed by atoms with Crippen molar-refractivity contribution in [1.29, 1.82) is 0 Å². The highest BCUT2D eigenvalue weighted by atomic mass is 16.5. The van der Waals surface area contributed by atoms with Crippen LogP contribution in [0.2, 0.25) is 0 Å². The van der Waals surface area contributed by atoms with Gasteiger partial charge in [0.25, 0.3) is 0 Å². The van der Waals surface area contributed by atoms with E-state index < -0.39 is 0 Å². The van der Waals surface area contributed by atoms with E-state index in [1.165, 1.54) is 31.2 Å². The zero-order valence-corrected chi connectivity index (χ0v) is 14.3. The molecule has 0 bridgehead atoms. The third-order valence-corrected chi connectivity index (χ3v) is 5.76. The van der Waals surface area contributed by atoms with Crippen LogP contribution in [0.15, 0.2) is 18.3 Å². The smallest absolute Gasteiger partial charge is 0.212 e. The third-order valence-electron chi connectivity index (χ3n) is 5.76. The molecule has 2 fully saturated rings. The van der Waals surface area contributed by atoms with Crippen molar-refractivity contribution in [1.82, 2.24) is 14.8 Å². The Morgan fingerprint density at radius 2 is 1.68 bits per heavy atom. The molecule has 2 aliphatic carbocycles. The molecule has 3 rings (SSSR count). The summed E-state index contributed by atoms with van der Waals surface area (Å²) in [6.45, 7) is 0.984. The molecule has 4 nitrogen and oxygen atoms in total. The van der Waals surface area contributed by atoms with Gasteiger partial charge in [-0.1, -0.05) is 6.07 Å². The molecule has 0 aliphatic heterocycles. The van der Waals surface area contributed by atoms with Crippen molar-refractivity contribution in [3.8, 4) is 5.88 Å². The number of hydrogen-bond donors (Lipinski definition) is 0. The summed E-state index contributed by atoms with van der Waals surface area (Å²) in [6, 6.07) is 5.63. The Morgan fingerprint density at radius 1 is 1.05 bits per heavy atom. The number of fused-ring (bicyclic) bond motifs is 1. The van der Waals surface area contributed by atoms with Crippen LogP contribution >= 0.6 is 0 Å². The van der Waals surface area contributed by atoms with E-state index in [-0.39, 0.29) is 0 Å². The molecule has 4 atom stereocenters. The predicted molar refractivity (Wildman–Crippen MR) is 89.0 cm³/mol. The predicted octanol–water partition coefficient (Wildman–Crippen LogP) is 2.64. The van der Waals surface area contributed by atoms with Gasteiger partial charge in [-0.15, -0.1) is 0 Å². The molecule has 122 valence electrons. The van der Waals surface area contributed by atoms with Gasteiger partial charge in [-0.3, -0.25) is 4.90 Å². The molecule has 1 aromatic heterocycles. The van der Waals surface area contributed by atoms with Crippen molar-refractivity contribution < 1.29 is 4.74 Å². The topological polar surface area (TPSA) is 28.6 Å². The lowest BCUT2D eigenvalue weighted by Crippen LogP contribution is -2.31. The lowest BCUT2D eigenvalue weighted by Gasteiger charge is -2.27. The second kappa shape index (κ2) is 6.55. The molecule has 0 spiro atoms. The van der Waals surface area contributed by atoms with E-state index in [1.807, 2.05) is 12.3 Å². The van der Waals surface area contributed by atoms with Gasteiger partial charge in [-0.2, -0.15) is 0 Å². The van der Waals surface area contributed by atoms with E-state index >= 15 is 0 Å². The Balaban J connectivity index is 1.53. The van der Waals surface area contributed by atoms with Crippen LogP contribution in [-0.2, 0) is 6.54 Å². The summed E-state index contributed by atoms with van der Waals surface area (Å²) in [5, 5.41) is 0. The van der Waals surface area contributed by atoms with Gasteiger partial charge in [0, 0.05) is 30.9 Å². The van der Waals surface area contributed by atoms with Crippen LogP contribution in [0.4, 0.5) is 0 Å². The van der Waals surface area contributed by atoms with E-state index in [0.29, 0.717) is 5.88 Å². The summed E-state index contributed by atoms with van der Waals surface area (Å²) < 4.78 is 5.12. The molecular formula is C18H29N3O. The first-order valence-electron chi connectivity index (χ1n) is 8.42. The number of aromatic nitrogens is 1. The number of hydrogen-bond acceptors (Lipinski definition) is 4. The maximum atomic E-state index is 5.12. The number of ether oxygens (including phenoxy) is 1. The van der Waals surface area contributed by atoms with Gasteiger partial charge in [0.05, 0.1) is 7.11 Å². The quantitative estimate of drug-likeness (QED) is 0.836. The normalized spacial score (nSPS) is 31.0. The Hall–Kier alpha value is -1.13. The zero-order chi connectivity index (χ0) is 15.7. The first-order valence-corrected chi connectivity index (χ1v) is 8.42. The molecule has 2 unspecified atom stereocenters. The molecule has 0 N–H and O–H groups in total. The molecule has 0 radical (unpaired) electrons. The van der Waals surface area contributed by atoms with Gasteiger partial charge in [0.15, 0.2) is 0 Å². The fourth-order valence-corrected chi connectivity index (χ4v) is 4.38. The van der Waals surface area contributed by atoms with Crippen LogP contribution in [0.5, 0.6) is 5.88 Å². The number of pyridine rings is 1. The summed E-state index contributed by atoms with van der Waals surface area (Å²) in [7, 11) is 8.38. The van der Waals surface area contributed by atoms with Crippen LogP contribution in [0.3, 0.4) is 0 Å². The van der Waals surface area contributed by atoms with Crippen molar-refractivity contribution in [2.24, 2.45) is 11.8 Å². The fraction of sp³-hybridized carbons (Fsp3) is 0.722. The molecule has 0 saturated heterocycles. The molecule has 4 heteroatoms. The Kier molecular flexibility index (Phi) is 4.69. The van der Waals surface area contributed by atoms with Crippen LogP contribution < -0.4 is 4.74 Å². The highest BCUT2D eigenvalue weighted by Crippen LogP contribution is 2.46. The average molecular weight is 303 g/mol. The molecule has 2 saturated carbocycles. The van der Waals surface area contributed by atoms with E-state index in [2.05, 4.69) is 42.0 Å². The van der Waals surface area contributed by atoms with Crippen LogP contribution in [-0.4, -0.2) is 55.1 Å². The minimum atomic E-state index is 0.691. The first kappa shape index (κ1) is 15.8. The minimum absolute atomic E-state index is 0.691. The molecular weight excluding hydrogens is 274 g/mol. The second-order valence-electron chi connectivity index (χ2n) is 7.36. The number of nitrogens with zero attached hydrogens (tertiary/aromatic N) is 3. The summed E-state index contributed by atoms with van der Waals surface area (Å²) in [5.41, 5.74) is 1.27. The maximum Gasteiger partial charge on any atom is 0.212 e. The number of methoxy groups -OCH3 is 1. The summed E-state index contributed by atoms with van der Waals surface area (Å²) in [6.07, 6.45) is 7.47. The molecule has 1 heterocycles. The highest BCUT2D eigenvalue weighted by Gasteiger charge is 2.43. The molecule has 0 aromatic carbocycles. The lowest BCUT2D eigenvalue weighted by molar-refractivity contribution is 0.212. The lowest BCUT2D eigenvalue weighted by atomic mass is 10.0. The van der Waals surface area contributed by atoms with Crippen LogP contribution in [0.25, 0.3) is 0 Å². The monoisotopic (exact) mass is 303 g/mol. The first-order chi connectivity index (χ1) is 10.6. The molecule has 0 amide bonds. The molecule has 2 aliphatic rings. The van der Waals surface area contributed by atoms with Gasteiger partial charge in [-0.05, 0) is 64.2 Å². The number of rotatable bonds is 5. The van der Waals surface area contributed by atoms with E-state index in [4.69, 9.17) is 4.74 Å². The van der Waals surface area contributed by atoms with E-state index in [1.54, 1.807) is 7.11 Å². The standard InChI is InChI=1S/C18H29N3O/c1-20(2)16-7-14-9-17(10-15(14)8-16)21(3)12-13-5-6-18(22-4)19-11-13/h5-6,11,14-17H,7-10,12H2,1-4H3/t14-,15+,16?,17?. The maximum absolute atomic E-state index is 5.12. The Morgan fingerprint density at radius 3 is 2.18 bits per heavy atom. The zero-order valence-electron chi connectivity index (χ0n) is 14.3. The molecule has 1 aromatic rings. The average Bonchev–Trinajstić information content (AvgIpc) is 3.06. The Bertz CT molecular complexity index is 474. The van der Waals surface area contributed by atoms with Gasteiger partial charge in [0.2, 0.25) is 5.88 Å². The van der Waals surface area contributed by atoms with Crippen molar-refractivity contribution in [2.45, 2.75) is 44.3 Å². The van der Waals surface area contributed by atoms with Crippen LogP contribution in [0.1, 0.15) is 31.2 Å². The van der Waals surface area contributed by atoms with Crippen molar-refractivity contribution in [3.05, 3.63) is 23.9 Å². The highest BCUT2D eigenvalue weighted by molar-refractivity contribution is 5.17. The summed E-state index contributed by atoms with van der Waals surface area (Å²) in [5.74, 6) is 2.57. The molecule has 22 heavy (non-hydrogen) atoms. The van der Waals surface area contributed by atoms with Crippen molar-refractivity contribution in [3.63, 3.8) is 0 Å². The second-order valence-corrected chi connectivity index (χ2v) is 7.36. The van der Waals surface area contributed by atoms with Crippen molar-refractivity contribution >= 4 is 0 Å². The van der Waals surface area contributed by atoms with Gasteiger partial charge >= 0.3 is 0 Å². The van der Waals surface area contributed by atoms with Crippen molar-refractivity contribution in [2.75, 3.05) is 28.3 Å². The summed E-state index contributed by atoms with van der Waals surface area (Å²) >= 11 is 0. The Labute approximate surface area is 134 Å². The SMILES string of the molecule is COc1ccc(CN(C)C2C[C@H]3CC(N(C)C)C[C@H]3C2)cn1.